The number of nitrogens with one attached hydrogen (secondary N) is 2. The molecule has 0 saturated heterocycles. The van der Waals surface area contributed by atoms with Gasteiger partial charge in [0.2, 0.25) is 0 Å². The van der Waals surface area contributed by atoms with Crippen molar-refractivity contribution in [2.75, 3.05) is 7.11 Å². The van der Waals surface area contributed by atoms with Crippen LogP contribution < -0.4 is 19.6 Å². The lowest BCUT2D eigenvalue weighted by molar-refractivity contribution is -0.132. The number of rotatable bonds is 8. The molecule has 1 aromatic heterocycles. The summed E-state index contributed by atoms with van der Waals surface area (Å²) < 4.78 is 18.0. The van der Waals surface area contributed by atoms with Gasteiger partial charge in [0.15, 0.2) is 17.2 Å². The largest absolute Gasteiger partial charge is 0.493 e. The SMILES string of the molecule is COc1cc(C(=O)Oc2c(Br)cc(Br)cc2C=NNC(=O)c2[nH]c3c(Br)cccc3c2-c2ccccc2Cl)ccc1OC(C)=O. The Balaban J connectivity index is 1.43. The zero-order chi connectivity index (χ0) is 32.2. The molecule has 4 aromatic carbocycles. The van der Waals surface area contributed by atoms with Gasteiger partial charge in [-0.05, 0) is 74.3 Å². The van der Waals surface area contributed by atoms with Gasteiger partial charge in [-0.25, -0.2) is 10.2 Å². The van der Waals surface area contributed by atoms with Gasteiger partial charge in [0, 0.05) is 43.0 Å². The molecule has 1 amide bonds. The Kier molecular flexibility index (Phi) is 10.1. The smallest absolute Gasteiger partial charge is 0.343 e. The summed E-state index contributed by atoms with van der Waals surface area (Å²) in [6.45, 7) is 1.26. The van der Waals surface area contributed by atoms with Crippen LogP contribution in [0.3, 0.4) is 0 Å². The van der Waals surface area contributed by atoms with E-state index in [-0.39, 0.29) is 28.5 Å². The van der Waals surface area contributed by atoms with E-state index in [4.69, 9.17) is 25.8 Å². The van der Waals surface area contributed by atoms with Crippen LogP contribution in [0.2, 0.25) is 5.02 Å². The van der Waals surface area contributed by atoms with Gasteiger partial charge >= 0.3 is 11.9 Å². The molecule has 0 unspecified atom stereocenters. The molecule has 0 bridgehead atoms. The lowest BCUT2D eigenvalue weighted by Gasteiger charge is -2.12. The number of carbonyl (C=O) groups is 3. The molecular weight excluding hydrogens is 798 g/mol. The van der Waals surface area contributed by atoms with Crippen LogP contribution in [0.25, 0.3) is 22.0 Å². The summed E-state index contributed by atoms with van der Waals surface area (Å²) in [7, 11) is 1.39. The number of benzene rings is 4. The topological polar surface area (TPSA) is 119 Å². The normalized spacial score (nSPS) is 11.1. The van der Waals surface area contributed by atoms with Gasteiger partial charge in [-0.1, -0.05) is 57.9 Å². The minimum absolute atomic E-state index is 0.144. The lowest BCUT2D eigenvalue weighted by Crippen LogP contribution is -2.19. The molecule has 1 heterocycles. The average molecular weight is 819 g/mol. The zero-order valence-electron chi connectivity index (χ0n) is 23.4. The number of para-hydroxylation sites is 1. The number of fused-ring (bicyclic) bond motifs is 1. The Hall–Kier alpha value is -3.97. The van der Waals surface area contributed by atoms with Gasteiger partial charge in [-0.15, -0.1) is 0 Å². The molecule has 0 aliphatic carbocycles. The van der Waals surface area contributed by atoms with Crippen LogP contribution in [0.15, 0.2) is 91.3 Å². The van der Waals surface area contributed by atoms with Crippen LogP contribution in [-0.4, -0.2) is 36.2 Å². The number of aromatic amines is 1. The van der Waals surface area contributed by atoms with Crippen LogP contribution in [-0.2, 0) is 4.79 Å². The van der Waals surface area contributed by atoms with Crippen molar-refractivity contribution in [1.82, 2.24) is 10.4 Å². The first-order valence-electron chi connectivity index (χ1n) is 13.0. The summed E-state index contributed by atoms with van der Waals surface area (Å²) in [4.78, 5) is 41.2. The van der Waals surface area contributed by atoms with E-state index in [2.05, 4.69) is 63.3 Å². The van der Waals surface area contributed by atoms with Gasteiger partial charge in [0.1, 0.15) is 5.69 Å². The van der Waals surface area contributed by atoms with Gasteiger partial charge in [0.25, 0.3) is 5.91 Å². The Labute approximate surface area is 287 Å². The molecular formula is C32H21Br3ClN3O6. The maximum Gasteiger partial charge on any atom is 0.343 e. The first kappa shape index (κ1) is 32.4. The monoisotopic (exact) mass is 815 g/mol. The molecule has 0 aliphatic rings. The number of amides is 1. The van der Waals surface area contributed by atoms with Crippen molar-refractivity contribution >= 4 is 94.4 Å². The van der Waals surface area contributed by atoms with E-state index >= 15 is 0 Å². The molecule has 5 aromatic rings. The summed E-state index contributed by atoms with van der Waals surface area (Å²) in [5.41, 5.74) is 5.37. The van der Waals surface area contributed by atoms with Crippen LogP contribution in [0.5, 0.6) is 17.2 Å². The van der Waals surface area contributed by atoms with E-state index in [9.17, 15) is 14.4 Å². The number of hydrogen-bond donors (Lipinski definition) is 2. The molecule has 0 aliphatic heterocycles. The molecule has 5 rings (SSSR count). The fourth-order valence-corrected chi connectivity index (χ4v) is 6.52. The van der Waals surface area contributed by atoms with Gasteiger partial charge < -0.3 is 19.2 Å². The first-order valence-corrected chi connectivity index (χ1v) is 15.8. The highest BCUT2D eigenvalue weighted by molar-refractivity contribution is 9.11. The molecule has 228 valence electrons. The minimum Gasteiger partial charge on any atom is -0.493 e. The first-order chi connectivity index (χ1) is 21.6. The van der Waals surface area contributed by atoms with Crippen LogP contribution in [0.1, 0.15) is 33.3 Å². The summed E-state index contributed by atoms with van der Waals surface area (Å²) in [6, 6.07) is 20.5. The standard InChI is InChI=1S/C32H21Br3ClN3O6/c1-16(40)44-25-11-10-17(13-26(25)43-2)32(42)45-30-18(12-19(33)14-23(30)35)15-37-39-31(41)29-27(20-6-3-4-9-24(20)36)21-7-5-8-22(34)28(21)38-29/h3-15,38H,1-2H3,(H,39,41). The second-order valence-corrected chi connectivity index (χ2v) is 12.4. The van der Waals surface area contributed by atoms with Gasteiger partial charge in [0.05, 0.1) is 28.9 Å². The van der Waals surface area contributed by atoms with Crippen molar-refractivity contribution in [3.63, 3.8) is 0 Å². The predicted octanol–water partition coefficient (Wildman–Crippen LogP) is 8.69. The predicted molar refractivity (Wildman–Crippen MR) is 183 cm³/mol. The van der Waals surface area contributed by atoms with Crippen molar-refractivity contribution < 1.29 is 28.6 Å². The highest BCUT2D eigenvalue weighted by Gasteiger charge is 2.22. The Morgan fingerprint density at radius 3 is 2.42 bits per heavy atom. The number of ether oxygens (including phenoxy) is 3. The Bertz CT molecular complexity index is 2010. The summed E-state index contributed by atoms with van der Waals surface area (Å²) in [5, 5.41) is 5.45. The van der Waals surface area contributed by atoms with Gasteiger partial charge in [-0.3, -0.25) is 9.59 Å². The van der Waals surface area contributed by atoms with Crippen LogP contribution in [0.4, 0.5) is 0 Å². The maximum absolute atomic E-state index is 13.5. The maximum atomic E-state index is 13.5. The number of methoxy groups -OCH3 is 1. The molecule has 0 saturated carbocycles. The van der Waals surface area contributed by atoms with E-state index in [0.29, 0.717) is 30.7 Å². The molecule has 45 heavy (non-hydrogen) atoms. The molecule has 2 N–H and O–H groups in total. The molecule has 13 heteroatoms. The van der Waals surface area contributed by atoms with Crippen LogP contribution in [0, 0.1) is 0 Å². The molecule has 0 radical (unpaired) electrons. The van der Waals surface area contributed by atoms with Gasteiger partial charge in [-0.2, -0.15) is 5.10 Å². The molecule has 9 nitrogen and oxygen atoms in total. The quantitative estimate of drug-likeness (QED) is 0.0701. The third-order valence-corrected chi connectivity index (χ3v) is 8.45. The van der Waals surface area contributed by atoms with Crippen molar-refractivity contribution in [2.45, 2.75) is 6.92 Å². The molecule has 0 spiro atoms. The Morgan fingerprint density at radius 2 is 1.69 bits per heavy atom. The summed E-state index contributed by atoms with van der Waals surface area (Å²) in [6.07, 6.45) is 1.36. The van der Waals surface area contributed by atoms with Crippen molar-refractivity contribution in [1.29, 1.82) is 0 Å². The highest BCUT2D eigenvalue weighted by atomic mass is 79.9. The second-order valence-electron chi connectivity index (χ2n) is 9.37. The number of hydrazone groups is 1. The number of carbonyl (C=O) groups excluding carboxylic acids is 3. The summed E-state index contributed by atoms with van der Waals surface area (Å²) >= 11 is 16.9. The number of halogens is 4. The fraction of sp³-hybridized carbons (Fsp3) is 0.0625. The number of H-pyrrole nitrogens is 1. The van der Waals surface area contributed by atoms with E-state index in [1.54, 1.807) is 18.2 Å². The van der Waals surface area contributed by atoms with E-state index in [1.165, 1.54) is 38.4 Å². The average Bonchev–Trinajstić information content (AvgIpc) is 3.39. The summed E-state index contributed by atoms with van der Waals surface area (Å²) in [5.74, 6) is -1.27. The number of aromatic nitrogens is 1. The second kappa shape index (κ2) is 14.0. The van der Waals surface area contributed by atoms with E-state index < -0.39 is 17.8 Å². The third-order valence-electron chi connectivity index (χ3n) is 6.41. The van der Waals surface area contributed by atoms with E-state index in [1.807, 2.05) is 36.4 Å². The number of hydrogen-bond acceptors (Lipinski definition) is 7. The number of esters is 2. The zero-order valence-corrected chi connectivity index (χ0v) is 28.9. The highest BCUT2D eigenvalue weighted by Crippen LogP contribution is 2.39. The number of nitrogens with zero attached hydrogens (tertiary/aromatic N) is 1. The van der Waals surface area contributed by atoms with Crippen molar-refractivity contribution in [3.8, 4) is 28.4 Å². The minimum atomic E-state index is -0.711. The molecule has 0 fully saturated rings. The Morgan fingerprint density at radius 1 is 0.911 bits per heavy atom. The van der Waals surface area contributed by atoms with Crippen LogP contribution >= 0.6 is 59.4 Å². The third kappa shape index (κ3) is 7.14. The van der Waals surface area contributed by atoms with Crippen molar-refractivity contribution in [2.24, 2.45) is 5.10 Å². The lowest BCUT2D eigenvalue weighted by atomic mass is 10.0. The van der Waals surface area contributed by atoms with E-state index in [0.717, 1.165) is 15.4 Å². The molecule has 0 atom stereocenters. The fourth-order valence-electron chi connectivity index (χ4n) is 4.48. The van der Waals surface area contributed by atoms with Crippen molar-refractivity contribution in [3.05, 3.63) is 108 Å².